The average Bonchev–Trinajstić information content (AvgIpc) is 3.09. The van der Waals surface area contributed by atoms with Gasteiger partial charge in [0.2, 0.25) is 16.8 Å². The van der Waals surface area contributed by atoms with E-state index in [1.807, 2.05) is 6.92 Å². The van der Waals surface area contributed by atoms with Crippen LogP contribution in [0, 0.1) is 0 Å². The predicted octanol–water partition coefficient (Wildman–Crippen LogP) is 1.74. The maximum absolute atomic E-state index is 12.6. The Morgan fingerprint density at radius 2 is 2.08 bits per heavy atom. The minimum atomic E-state index is -3.36. The summed E-state index contributed by atoms with van der Waals surface area (Å²) in [6, 6.07) is 5.00. The molecule has 0 unspecified atom stereocenters. The van der Waals surface area contributed by atoms with Gasteiger partial charge in [-0.05, 0) is 37.5 Å². The number of sulfonamides is 1. The van der Waals surface area contributed by atoms with Crippen LogP contribution in [0.3, 0.4) is 0 Å². The second kappa shape index (κ2) is 7.61. The largest absolute Gasteiger partial charge is 0.454 e. The summed E-state index contributed by atoms with van der Waals surface area (Å²) in [6.07, 6.45) is 3.72. The Bertz CT molecular complexity index is 735. The molecule has 1 amide bonds. The number of nitrogens with one attached hydrogen (secondary N) is 1. The highest BCUT2D eigenvalue weighted by atomic mass is 32.2. The minimum absolute atomic E-state index is 0.0835. The molecule has 3 rings (SSSR count). The number of amides is 1. The lowest BCUT2D eigenvalue weighted by atomic mass is 10.0. The van der Waals surface area contributed by atoms with E-state index in [4.69, 9.17) is 9.47 Å². The van der Waals surface area contributed by atoms with E-state index in [0.29, 0.717) is 23.6 Å². The van der Waals surface area contributed by atoms with Gasteiger partial charge in [-0.2, -0.15) is 4.31 Å². The van der Waals surface area contributed by atoms with Crippen molar-refractivity contribution >= 4 is 15.9 Å². The molecule has 0 aromatic heterocycles. The van der Waals surface area contributed by atoms with Gasteiger partial charge in [0.25, 0.3) is 5.91 Å². The van der Waals surface area contributed by atoms with Crippen LogP contribution in [-0.4, -0.2) is 50.3 Å². The first kappa shape index (κ1) is 18.0. The van der Waals surface area contributed by atoms with Crippen molar-refractivity contribution in [1.29, 1.82) is 0 Å². The van der Waals surface area contributed by atoms with Gasteiger partial charge in [0, 0.05) is 24.7 Å². The van der Waals surface area contributed by atoms with Crippen LogP contribution in [0.25, 0.3) is 0 Å². The molecule has 0 spiro atoms. The maximum Gasteiger partial charge on any atom is 0.251 e. The summed E-state index contributed by atoms with van der Waals surface area (Å²) in [5, 5.41) is 2.68. The van der Waals surface area contributed by atoms with Crippen LogP contribution in [0.15, 0.2) is 18.2 Å². The van der Waals surface area contributed by atoms with Gasteiger partial charge in [0.15, 0.2) is 11.5 Å². The number of carbonyl (C=O) groups excluding carboxylic acids is 1. The van der Waals surface area contributed by atoms with Crippen LogP contribution in [0.1, 0.15) is 43.0 Å². The summed E-state index contributed by atoms with van der Waals surface area (Å²) in [5.74, 6) is 0.730. The quantitative estimate of drug-likeness (QED) is 0.827. The first-order valence-corrected chi connectivity index (χ1v) is 10.3. The number of piperidine rings is 1. The Balaban J connectivity index is 1.55. The van der Waals surface area contributed by atoms with Crippen molar-refractivity contribution < 1.29 is 22.7 Å². The first-order chi connectivity index (χ1) is 12.0. The Hall–Kier alpha value is -1.80. The van der Waals surface area contributed by atoms with Crippen molar-refractivity contribution in [3.8, 4) is 11.5 Å². The van der Waals surface area contributed by atoms with Crippen molar-refractivity contribution in [3.63, 3.8) is 0 Å². The molecule has 0 aliphatic carbocycles. The number of nitrogens with zero attached hydrogens (tertiary/aromatic N) is 1. The van der Waals surface area contributed by atoms with E-state index in [2.05, 4.69) is 5.32 Å². The number of carbonyl (C=O) groups is 1. The molecule has 2 heterocycles. The average molecular weight is 368 g/mol. The molecule has 1 saturated heterocycles. The fraction of sp³-hybridized carbons (Fsp3) is 0.588. The summed E-state index contributed by atoms with van der Waals surface area (Å²) < 4.78 is 37.2. The highest BCUT2D eigenvalue weighted by molar-refractivity contribution is 7.89. The Morgan fingerprint density at radius 3 is 2.88 bits per heavy atom. The van der Waals surface area contributed by atoms with Crippen molar-refractivity contribution in [2.24, 2.45) is 0 Å². The molecule has 2 aliphatic heterocycles. The minimum Gasteiger partial charge on any atom is -0.454 e. The van der Waals surface area contributed by atoms with Gasteiger partial charge in [-0.15, -0.1) is 0 Å². The summed E-state index contributed by atoms with van der Waals surface area (Å²) >= 11 is 0. The van der Waals surface area contributed by atoms with Crippen LogP contribution in [0.2, 0.25) is 0 Å². The molecule has 1 fully saturated rings. The second-order valence-electron chi connectivity index (χ2n) is 6.31. The lowest BCUT2D eigenvalue weighted by molar-refractivity contribution is 0.0955. The first-order valence-electron chi connectivity index (χ1n) is 8.68. The topological polar surface area (TPSA) is 84.9 Å². The van der Waals surface area contributed by atoms with Crippen molar-refractivity contribution in [2.45, 2.75) is 38.6 Å². The summed E-state index contributed by atoms with van der Waals surface area (Å²) in [6.45, 7) is 2.83. The van der Waals surface area contributed by atoms with Gasteiger partial charge < -0.3 is 14.8 Å². The number of rotatable bonds is 6. The van der Waals surface area contributed by atoms with Crippen LogP contribution in [0.4, 0.5) is 0 Å². The van der Waals surface area contributed by atoms with E-state index in [1.165, 1.54) is 0 Å². The fourth-order valence-electron chi connectivity index (χ4n) is 3.30. The third-order valence-electron chi connectivity index (χ3n) is 4.68. The molecule has 138 valence electrons. The molecule has 1 atom stereocenters. The maximum atomic E-state index is 12.6. The Kier molecular flexibility index (Phi) is 5.48. The molecule has 0 saturated carbocycles. The highest BCUT2D eigenvalue weighted by Crippen LogP contribution is 2.32. The standard InChI is InChI=1S/C17H24N2O5S/c1-2-14-5-3-4-9-19(14)25(21,22)10-8-18-17(20)13-6-7-15-16(11-13)24-12-23-15/h6-7,11,14H,2-5,8-10,12H2,1H3,(H,18,20)/t14-/m0/s1. The molecular weight excluding hydrogens is 344 g/mol. The van der Waals surface area contributed by atoms with E-state index in [0.717, 1.165) is 25.7 Å². The molecule has 1 aromatic carbocycles. The smallest absolute Gasteiger partial charge is 0.251 e. The van der Waals surface area contributed by atoms with E-state index >= 15 is 0 Å². The van der Waals surface area contributed by atoms with Crippen molar-refractivity contribution in [1.82, 2.24) is 9.62 Å². The molecule has 25 heavy (non-hydrogen) atoms. The summed E-state index contributed by atoms with van der Waals surface area (Å²) in [5.41, 5.74) is 0.422. The zero-order valence-corrected chi connectivity index (χ0v) is 15.2. The number of hydrogen-bond acceptors (Lipinski definition) is 5. The molecule has 1 N–H and O–H groups in total. The zero-order valence-electron chi connectivity index (χ0n) is 14.4. The monoisotopic (exact) mass is 368 g/mol. The van der Waals surface area contributed by atoms with E-state index in [1.54, 1.807) is 22.5 Å². The summed E-state index contributed by atoms with van der Waals surface area (Å²) in [7, 11) is -3.36. The second-order valence-corrected chi connectivity index (χ2v) is 8.35. The molecule has 0 radical (unpaired) electrons. The van der Waals surface area contributed by atoms with Crippen molar-refractivity contribution in [2.75, 3.05) is 25.6 Å². The van der Waals surface area contributed by atoms with Crippen LogP contribution >= 0.6 is 0 Å². The molecular formula is C17H24N2O5S. The molecule has 2 aliphatic rings. The zero-order chi connectivity index (χ0) is 17.9. The van der Waals surface area contributed by atoms with Gasteiger partial charge in [0.1, 0.15) is 0 Å². The van der Waals surface area contributed by atoms with E-state index in [-0.39, 0.29) is 31.0 Å². The predicted molar refractivity (Wildman–Crippen MR) is 93.3 cm³/mol. The molecule has 0 bridgehead atoms. The third-order valence-corrected chi connectivity index (χ3v) is 6.60. The fourth-order valence-corrected chi connectivity index (χ4v) is 5.01. The Labute approximate surface area is 148 Å². The molecule has 1 aromatic rings. The van der Waals surface area contributed by atoms with E-state index in [9.17, 15) is 13.2 Å². The van der Waals surface area contributed by atoms with Gasteiger partial charge in [0.05, 0.1) is 5.75 Å². The summed E-state index contributed by atoms with van der Waals surface area (Å²) in [4.78, 5) is 12.2. The molecule has 7 nitrogen and oxygen atoms in total. The SMILES string of the molecule is CC[C@H]1CCCCN1S(=O)(=O)CCNC(=O)c1ccc2c(c1)OCO2. The van der Waals surface area contributed by atoms with Crippen molar-refractivity contribution in [3.05, 3.63) is 23.8 Å². The normalized spacial score (nSPS) is 20.4. The number of hydrogen-bond donors (Lipinski definition) is 1. The third kappa shape index (κ3) is 4.07. The van der Waals surface area contributed by atoms with Gasteiger partial charge in [-0.3, -0.25) is 4.79 Å². The Morgan fingerprint density at radius 1 is 1.28 bits per heavy atom. The van der Waals surface area contributed by atoms with Crippen LogP contribution in [-0.2, 0) is 10.0 Å². The lowest BCUT2D eigenvalue weighted by Crippen LogP contribution is -2.46. The number of ether oxygens (including phenoxy) is 2. The molecule has 8 heteroatoms. The van der Waals surface area contributed by atoms with Crippen LogP contribution < -0.4 is 14.8 Å². The lowest BCUT2D eigenvalue weighted by Gasteiger charge is -2.34. The number of fused-ring (bicyclic) bond motifs is 1. The van der Waals surface area contributed by atoms with Crippen LogP contribution in [0.5, 0.6) is 11.5 Å². The highest BCUT2D eigenvalue weighted by Gasteiger charge is 2.30. The van der Waals surface area contributed by atoms with E-state index < -0.39 is 10.0 Å². The van der Waals surface area contributed by atoms with Gasteiger partial charge >= 0.3 is 0 Å². The van der Waals surface area contributed by atoms with Gasteiger partial charge in [-0.1, -0.05) is 13.3 Å². The number of benzene rings is 1. The van der Waals surface area contributed by atoms with Gasteiger partial charge in [-0.25, -0.2) is 8.42 Å².